The molecular formula is Ce3Sn. The van der Waals surface area contributed by atoms with Gasteiger partial charge in [0.1, 0.15) is 0 Å². The normalized spacial score (nSPS) is 0. The third-order valence-electron chi connectivity index (χ3n) is 0. The van der Waals surface area contributed by atoms with Gasteiger partial charge in [0.05, 0.1) is 0 Å². The third kappa shape index (κ3) is 10.0. The summed E-state index contributed by atoms with van der Waals surface area (Å²) in [5.74, 6) is 0. The second-order valence-corrected chi connectivity index (χ2v) is 0. The smallest absolute Gasteiger partial charge is 0 e. The average molecular weight is 539 g/mol. The van der Waals surface area contributed by atoms with Crippen molar-refractivity contribution in [2.24, 2.45) is 0 Å². The molecule has 0 fully saturated rings. The van der Waals surface area contributed by atoms with Gasteiger partial charge in [0, 0.05) is 149 Å². The summed E-state index contributed by atoms with van der Waals surface area (Å²) in [5, 5.41) is 0. The summed E-state index contributed by atoms with van der Waals surface area (Å²) < 4.78 is 0. The second-order valence-electron chi connectivity index (χ2n) is 0. The van der Waals surface area contributed by atoms with Gasteiger partial charge in [-0.15, -0.1) is 0 Å². The molecule has 0 atom stereocenters. The van der Waals surface area contributed by atoms with Crippen molar-refractivity contribution in [3.63, 3.8) is 0 Å². The van der Waals surface area contributed by atoms with E-state index in [4.69, 9.17) is 0 Å². The van der Waals surface area contributed by atoms with Crippen LogP contribution in [0.25, 0.3) is 0 Å². The average Bonchev–Trinajstić information content (AvgIpc) is 0. The predicted octanol–water partition coefficient (Wildman–Crippen LogP) is -0.381. The van der Waals surface area contributed by atoms with Gasteiger partial charge in [0.2, 0.25) is 0 Å². The summed E-state index contributed by atoms with van der Waals surface area (Å²) in [6, 6.07) is 0. The van der Waals surface area contributed by atoms with Gasteiger partial charge in [-0.05, 0) is 0 Å². The Hall–Kier alpha value is 4.93. The largest absolute Gasteiger partial charge is 0 e. The van der Waals surface area contributed by atoms with E-state index in [2.05, 4.69) is 0 Å². The Morgan fingerprint density at radius 3 is 0.500 bits per heavy atom. The Morgan fingerprint density at radius 1 is 0.500 bits per heavy atom. The molecule has 0 spiro atoms. The van der Waals surface area contributed by atoms with Gasteiger partial charge in [-0.25, -0.2) is 0 Å². The van der Waals surface area contributed by atoms with E-state index in [1.54, 1.807) is 0 Å². The van der Waals surface area contributed by atoms with E-state index in [9.17, 15) is 0 Å². The molecule has 4 heteroatoms. The van der Waals surface area contributed by atoms with E-state index < -0.39 is 0 Å². The van der Waals surface area contributed by atoms with Crippen molar-refractivity contribution >= 4 is 23.9 Å². The Morgan fingerprint density at radius 2 is 0.500 bits per heavy atom. The van der Waals surface area contributed by atoms with E-state index in [0.717, 1.165) is 0 Å². The van der Waals surface area contributed by atoms with Crippen molar-refractivity contribution in [1.29, 1.82) is 0 Å². The molecule has 0 aromatic rings. The fourth-order valence-corrected chi connectivity index (χ4v) is 0. The van der Waals surface area contributed by atoms with Crippen LogP contribution >= 0.6 is 0 Å². The minimum atomic E-state index is 0. The first-order valence-electron chi connectivity index (χ1n) is 0. The minimum absolute atomic E-state index is 0. The van der Waals surface area contributed by atoms with Crippen molar-refractivity contribution in [2.75, 3.05) is 0 Å². The molecule has 0 aliphatic carbocycles. The van der Waals surface area contributed by atoms with Crippen LogP contribution in [0, 0.1) is 125 Å². The van der Waals surface area contributed by atoms with Crippen LogP contribution in [-0.4, -0.2) is 23.9 Å². The van der Waals surface area contributed by atoms with E-state index >= 15 is 0 Å². The molecule has 0 saturated heterocycles. The van der Waals surface area contributed by atoms with Crippen molar-refractivity contribution in [3.05, 3.63) is 0 Å². The molecule has 0 rings (SSSR count). The van der Waals surface area contributed by atoms with Crippen LogP contribution in [0.4, 0.5) is 0 Å². The van der Waals surface area contributed by atoms with Crippen LogP contribution in [0.1, 0.15) is 0 Å². The molecule has 0 nitrogen and oxygen atoms in total. The molecule has 0 aliphatic rings. The van der Waals surface area contributed by atoms with Gasteiger partial charge >= 0.3 is 0 Å². The fourth-order valence-electron chi connectivity index (χ4n) is 0. The van der Waals surface area contributed by atoms with Crippen LogP contribution in [0.5, 0.6) is 0 Å². The maximum Gasteiger partial charge on any atom is 0 e. The molecular weight excluding hydrogens is 539 g/mol. The van der Waals surface area contributed by atoms with Gasteiger partial charge in [-0.3, -0.25) is 0 Å². The fraction of sp³-hybridized carbons (Fsp3) is 0. The van der Waals surface area contributed by atoms with Gasteiger partial charge in [-0.1, -0.05) is 0 Å². The summed E-state index contributed by atoms with van der Waals surface area (Å²) in [4.78, 5) is 0. The summed E-state index contributed by atoms with van der Waals surface area (Å²) in [6.45, 7) is 0. The Bertz CT molecular complexity index is 3.25. The monoisotopic (exact) mass is 540 g/mol. The summed E-state index contributed by atoms with van der Waals surface area (Å²) >= 11 is 0. The molecule has 0 N–H and O–H groups in total. The maximum atomic E-state index is 0. The third-order valence-corrected chi connectivity index (χ3v) is 0. The minimum Gasteiger partial charge on any atom is 0 e. The SMILES string of the molecule is [Ce].[Ce].[Ce].[Sn]. The van der Waals surface area contributed by atoms with Gasteiger partial charge in [0.25, 0.3) is 0 Å². The molecule has 0 heterocycles. The quantitative estimate of drug-likeness (QED) is 0.369. The van der Waals surface area contributed by atoms with Crippen LogP contribution in [0.15, 0.2) is 0 Å². The van der Waals surface area contributed by atoms with Crippen molar-refractivity contribution < 1.29 is 125 Å². The summed E-state index contributed by atoms with van der Waals surface area (Å²) in [6.07, 6.45) is 0. The van der Waals surface area contributed by atoms with Gasteiger partial charge in [-0.2, -0.15) is 0 Å². The van der Waals surface area contributed by atoms with Crippen molar-refractivity contribution in [3.8, 4) is 0 Å². The number of hydrogen-bond donors (Lipinski definition) is 0. The maximum absolute atomic E-state index is 0. The summed E-state index contributed by atoms with van der Waals surface area (Å²) in [5.41, 5.74) is 0. The summed E-state index contributed by atoms with van der Waals surface area (Å²) in [7, 11) is 0. The van der Waals surface area contributed by atoms with Gasteiger partial charge < -0.3 is 0 Å². The first kappa shape index (κ1) is 23.1. The Balaban J connectivity index is 0. The molecule has 0 bridgehead atoms. The molecule has 4 heavy (non-hydrogen) atoms. The molecule has 16 valence electrons. The van der Waals surface area contributed by atoms with E-state index in [1.807, 2.05) is 0 Å². The van der Waals surface area contributed by atoms with E-state index in [0.29, 0.717) is 0 Å². The number of hydrogen-bond acceptors (Lipinski definition) is 0. The molecule has 0 aromatic heterocycles. The van der Waals surface area contributed by atoms with Gasteiger partial charge in [0.15, 0.2) is 0 Å². The molecule has 0 amide bonds. The Kier molecular flexibility index (Phi) is 90.5. The first-order chi connectivity index (χ1) is 0. The van der Waals surface area contributed by atoms with Crippen LogP contribution in [0.3, 0.4) is 0 Å². The molecule has 4 radical (unpaired) electrons. The molecule has 0 aliphatic heterocycles. The van der Waals surface area contributed by atoms with Crippen molar-refractivity contribution in [1.82, 2.24) is 0 Å². The van der Waals surface area contributed by atoms with Crippen LogP contribution < -0.4 is 0 Å². The Labute approximate surface area is 144 Å². The zero-order chi connectivity index (χ0) is 0. The zero-order valence-corrected chi connectivity index (χ0v) is 14.3. The number of rotatable bonds is 0. The standard InChI is InChI=1S/3Ce.Sn. The van der Waals surface area contributed by atoms with Crippen molar-refractivity contribution in [2.45, 2.75) is 0 Å². The molecule has 0 saturated carbocycles. The van der Waals surface area contributed by atoms with E-state index in [-0.39, 0.29) is 149 Å². The predicted molar refractivity (Wildman–Crippen MR) is 5.75 cm³/mol. The first-order valence-corrected chi connectivity index (χ1v) is 0. The zero-order valence-electron chi connectivity index (χ0n) is 2.00. The molecule has 0 aromatic carbocycles. The van der Waals surface area contributed by atoms with E-state index in [1.165, 1.54) is 0 Å². The van der Waals surface area contributed by atoms with Crippen LogP contribution in [-0.2, 0) is 0 Å². The topological polar surface area (TPSA) is 0 Å². The second kappa shape index (κ2) is 15.7. The molecule has 0 unspecified atom stereocenters. The van der Waals surface area contributed by atoms with Crippen LogP contribution in [0.2, 0.25) is 0 Å².